The summed E-state index contributed by atoms with van der Waals surface area (Å²) in [6.45, 7) is 1.51. The molecule has 1 aliphatic rings. The molecule has 0 saturated carbocycles. The lowest BCUT2D eigenvalue weighted by atomic mass is 10.2. The van der Waals surface area contributed by atoms with Crippen molar-refractivity contribution in [2.24, 2.45) is 0 Å². The summed E-state index contributed by atoms with van der Waals surface area (Å²) in [6.07, 6.45) is 0.992. The van der Waals surface area contributed by atoms with Gasteiger partial charge in [0.05, 0.1) is 12.6 Å². The van der Waals surface area contributed by atoms with Crippen molar-refractivity contribution < 1.29 is 4.74 Å². The molecule has 1 aliphatic heterocycles. The van der Waals surface area contributed by atoms with Gasteiger partial charge >= 0.3 is 0 Å². The van der Waals surface area contributed by atoms with Crippen LogP contribution in [0, 0.1) is 0 Å². The summed E-state index contributed by atoms with van der Waals surface area (Å²) in [4.78, 5) is 9.37. The molecule has 0 spiro atoms. The molecule has 2 aromatic carbocycles. The van der Waals surface area contributed by atoms with E-state index in [9.17, 15) is 0 Å². The minimum absolute atomic E-state index is 0.295. The maximum Gasteiger partial charge on any atom is 0.163 e. The van der Waals surface area contributed by atoms with Gasteiger partial charge in [-0.1, -0.05) is 48.5 Å². The summed E-state index contributed by atoms with van der Waals surface area (Å²) in [5, 5.41) is 6.82. The summed E-state index contributed by atoms with van der Waals surface area (Å²) in [5.41, 5.74) is 1.99. The lowest BCUT2D eigenvalue weighted by molar-refractivity contribution is 0.195. The Bertz CT molecular complexity index is 818. The van der Waals surface area contributed by atoms with Gasteiger partial charge in [0.15, 0.2) is 5.82 Å². The molecule has 3 aromatic rings. The summed E-state index contributed by atoms with van der Waals surface area (Å²) >= 11 is 0. The van der Waals surface area contributed by atoms with Crippen molar-refractivity contribution in [2.75, 3.05) is 23.8 Å². The van der Waals surface area contributed by atoms with Crippen LogP contribution in [-0.2, 0) is 4.74 Å². The quantitative estimate of drug-likeness (QED) is 0.737. The first kappa shape index (κ1) is 15.6. The van der Waals surface area contributed by atoms with Gasteiger partial charge in [-0.15, -0.1) is 0 Å². The van der Waals surface area contributed by atoms with Crippen molar-refractivity contribution in [2.45, 2.75) is 12.5 Å². The minimum Gasteiger partial charge on any atom is -0.379 e. The molecule has 1 atom stereocenters. The summed E-state index contributed by atoms with van der Waals surface area (Å²) in [5.74, 6) is 2.27. The first-order chi connectivity index (χ1) is 12.4. The number of nitrogens with zero attached hydrogens (tertiary/aromatic N) is 2. The van der Waals surface area contributed by atoms with E-state index in [2.05, 4.69) is 15.6 Å². The molecule has 5 heteroatoms. The Kier molecular flexibility index (Phi) is 4.57. The summed E-state index contributed by atoms with van der Waals surface area (Å²) in [7, 11) is 0. The second-order valence-corrected chi connectivity index (χ2v) is 6.02. The zero-order chi connectivity index (χ0) is 16.9. The van der Waals surface area contributed by atoms with Crippen LogP contribution < -0.4 is 10.6 Å². The van der Waals surface area contributed by atoms with Crippen LogP contribution in [0.15, 0.2) is 66.7 Å². The van der Waals surface area contributed by atoms with E-state index in [1.54, 1.807) is 0 Å². The van der Waals surface area contributed by atoms with E-state index >= 15 is 0 Å². The third-order valence-corrected chi connectivity index (χ3v) is 4.09. The Labute approximate surface area is 147 Å². The van der Waals surface area contributed by atoms with Gasteiger partial charge in [-0.3, -0.25) is 0 Å². The normalized spacial score (nSPS) is 16.6. The number of hydrogen-bond donors (Lipinski definition) is 2. The topological polar surface area (TPSA) is 59.1 Å². The molecular formula is C20H20N4O. The van der Waals surface area contributed by atoms with Crippen LogP contribution in [0.2, 0.25) is 0 Å². The van der Waals surface area contributed by atoms with E-state index < -0.39 is 0 Å². The smallest absolute Gasteiger partial charge is 0.163 e. The van der Waals surface area contributed by atoms with Gasteiger partial charge < -0.3 is 15.4 Å². The molecule has 1 fully saturated rings. The molecule has 4 rings (SSSR count). The van der Waals surface area contributed by atoms with Crippen molar-refractivity contribution in [3.05, 3.63) is 66.7 Å². The Morgan fingerprint density at radius 1 is 0.880 bits per heavy atom. The average molecular weight is 332 g/mol. The van der Waals surface area contributed by atoms with Crippen LogP contribution in [-0.4, -0.2) is 29.2 Å². The molecule has 2 heterocycles. The molecule has 5 nitrogen and oxygen atoms in total. The van der Waals surface area contributed by atoms with Crippen LogP contribution in [0.4, 0.5) is 17.3 Å². The first-order valence-electron chi connectivity index (χ1n) is 8.48. The largest absolute Gasteiger partial charge is 0.379 e. The molecule has 25 heavy (non-hydrogen) atoms. The Morgan fingerprint density at radius 3 is 2.32 bits per heavy atom. The number of rotatable bonds is 5. The molecule has 0 bridgehead atoms. The van der Waals surface area contributed by atoms with Crippen molar-refractivity contribution in [1.82, 2.24) is 9.97 Å². The number of aromatic nitrogens is 2. The number of ether oxygens (including phenoxy) is 1. The fraction of sp³-hybridized carbons (Fsp3) is 0.200. The predicted octanol–water partition coefficient (Wildman–Crippen LogP) is 4.09. The Hall–Kier alpha value is -2.92. The van der Waals surface area contributed by atoms with Crippen LogP contribution >= 0.6 is 0 Å². The van der Waals surface area contributed by atoms with Gasteiger partial charge in [-0.2, -0.15) is 0 Å². The average Bonchev–Trinajstić information content (AvgIpc) is 3.16. The molecular weight excluding hydrogens is 312 g/mol. The van der Waals surface area contributed by atoms with Gasteiger partial charge in [0.25, 0.3) is 0 Å². The maximum atomic E-state index is 5.45. The molecule has 0 aliphatic carbocycles. The molecule has 1 unspecified atom stereocenters. The fourth-order valence-corrected chi connectivity index (χ4v) is 2.83. The monoisotopic (exact) mass is 332 g/mol. The number of para-hydroxylation sites is 1. The predicted molar refractivity (Wildman–Crippen MR) is 100 cm³/mol. The van der Waals surface area contributed by atoms with Gasteiger partial charge in [0, 0.05) is 23.9 Å². The van der Waals surface area contributed by atoms with Crippen LogP contribution in [0.1, 0.15) is 6.42 Å². The second-order valence-electron chi connectivity index (χ2n) is 6.02. The number of hydrogen-bond acceptors (Lipinski definition) is 5. The zero-order valence-electron chi connectivity index (χ0n) is 13.9. The highest BCUT2D eigenvalue weighted by atomic mass is 16.5. The van der Waals surface area contributed by atoms with Gasteiger partial charge in [0.1, 0.15) is 11.6 Å². The lowest BCUT2D eigenvalue weighted by Crippen LogP contribution is -2.20. The standard InChI is InChI=1S/C20H20N4O/c1-3-7-15(8-4-1)20-23-18(21-16-9-5-2-6-10-16)13-19(24-20)22-17-11-12-25-14-17/h1-10,13,17H,11-12,14H2,(H2,21,22,23,24). The van der Waals surface area contributed by atoms with Gasteiger partial charge in [-0.25, -0.2) is 9.97 Å². The summed E-state index contributed by atoms with van der Waals surface area (Å²) < 4.78 is 5.45. The SMILES string of the molecule is c1ccc(Nc2cc(NC3CCOC3)nc(-c3ccccc3)n2)cc1. The van der Waals surface area contributed by atoms with Gasteiger partial charge in [0.2, 0.25) is 0 Å². The summed E-state index contributed by atoms with van der Waals surface area (Å²) in [6, 6.07) is 22.3. The number of nitrogens with one attached hydrogen (secondary N) is 2. The molecule has 0 amide bonds. The van der Waals surface area contributed by atoms with Crippen LogP contribution in [0.25, 0.3) is 11.4 Å². The fourth-order valence-electron chi connectivity index (χ4n) is 2.83. The lowest BCUT2D eigenvalue weighted by Gasteiger charge is -2.14. The van der Waals surface area contributed by atoms with Crippen LogP contribution in [0.3, 0.4) is 0 Å². The highest BCUT2D eigenvalue weighted by Gasteiger charge is 2.17. The molecule has 2 N–H and O–H groups in total. The molecule has 1 saturated heterocycles. The van der Waals surface area contributed by atoms with Crippen molar-refractivity contribution >= 4 is 17.3 Å². The number of benzene rings is 2. The van der Waals surface area contributed by atoms with E-state index in [1.165, 1.54) is 0 Å². The van der Waals surface area contributed by atoms with Crippen molar-refractivity contribution in [1.29, 1.82) is 0 Å². The van der Waals surface area contributed by atoms with E-state index in [1.807, 2.05) is 66.7 Å². The molecule has 126 valence electrons. The van der Waals surface area contributed by atoms with Crippen molar-refractivity contribution in [3.63, 3.8) is 0 Å². The van der Waals surface area contributed by atoms with Crippen LogP contribution in [0.5, 0.6) is 0 Å². The third kappa shape index (κ3) is 3.95. The van der Waals surface area contributed by atoms with Crippen molar-refractivity contribution in [3.8, 4) is 11.4 Å². The third-order valence-electron chi connectivity index (χ3n) is 4.09. The highest BCUT2D eigenvalue weighted by molar-refractivity contribution is 5.65. The first-order valence-corrected chi connectivity index (χ1v) is 8.48. The molecule has 1 aromatic heterocycles. The van der Waals surface area contributed by atoms with E-state index in [0.29, 0.717) is 18.5 Å². The Morgan fingerprint density at radius 2 is 1.60 bits per heavy atom. The van der Waals surface area contributed by atoms with Gasteiger partial charge in [-0.05, 0) is 18.6 Å². The zero-order valence-corrected chi connectivity index (χ0v) is 13.9. The highest BCUT2D eigenvalue weighted by Crippen LogP contribution is 2.23. The van der Waals surface area contributed by atoms with E-state index in [-0.39, 0.29) is 0 Å². The van der Waals surface area contributed by atoms with E-state index in [4.69, 9.17) is 9.72 Å². The Balaban J connectivity index is 1.66. The minimum atomic E-state index is 0.295. The molecule has 0 radical (unpaired) electrons. The number of anilines is 3. The second kappa shape index (κ2) is 7.32. The van der Waals surface area contributed by atoms with E-state index in [0.717, 1.165) is 35.9 Å². The maximum absolute atomic E-state index is 5.45.